The fourth-order valence-electron chi connectivity index (χ4n) is 9.20. The number of pyridine rings is 1. The zero-order valence-electron chi connectivity index (χ0n) is 39.5. The molecule has 6 aromatic carbocycles. The van der Waals surface area contributed by atoms with Crippen LogP contribution in [0.3, 0.4) is 0 Å². The van der Waals surface area contributed by atoms with Gasteiger partial charge in [0.2, 0.25) is 0 Å². The summed E-state index contributed by atoms with van der Waals surface area (Å²) in [5.41, 5.74) is 12.6. The molecular weight excluding hydrogens is 781 g/mol. The Labute approximate surface area is 380 Å². The van der Waals surface area contributed by atoms with Crippen molar-refractivity contribution in [3.05, 3.63) is 192 Å². The minimum absolute atomic E-state index is 0.0222. The second kappa shape index (κ2) is 15.9. The highest BCUT2D eigenvalue weighted by Gasteiger charge is 2.36. The van der Waals surface area contributed by atoms with E-state index < -0.39 is 0 Å². The van der Waals surface area contributed by atoms with Crippen molar-refractivity contribution in [2.75, 3.05) is 16.5 Å². The molecule has 3 heterocycles. The monoisotopic (exact) mass is 842 g/mol. The number of hydrogen-bond donors (Lipinski definition) is 0. The normalized spacial score (nSPS) is 13.8. The van der Waals surface area contributed by atoms with Crippen LogP contribution in [0.25, 0.3) is 38.8 Å². The number of benzene rings is 6. The zero-order valence-corrected chi connectivity index (χ0v) is 39.5. The smallest absolute Gasteiger partial charge is 0.137 e. The van der Waals surface area contributed by atoms with Gasteiger partial charge in [0.25, 0.3) is 0 Å². The summed E-state index contributed by atoms with van der Waals surface area (Å²) < 4.78 is 9.35. The van der Waals surface area contributed by atoms with Gasteiger partial charge >= 0.3 is 0 Å². The van der Waals surface area contributed by atoms with E-state index in [9.17, 15) is 0 Å². The predicted molar refractivity (Wildman–Crippen MR) is 270 cm³/mol. The maximum absolute atomic E-state index is 7.03. The van der Waals surface area contributed by atoms with Crippen LogP contribution in [0.15, 0.2) is 170 Å². The number of allylic oxidation sites excluding steroid dienone is 1. The van der Waals surface area contributed by atoms with Crippen molar-refractivity contribution in [3.63, 3.8) is 0 Å². The Morgan fingerprint density at radius 2 is 1.19 bits per heavy atom. The maximum Gasteiger partial charge on any atom is 0.137 e. The second-order valence-electron chi connectivity index (χ2n) is 21.1. The Kier molecular flexibility index (Phi) is 10.6. The van der Waals surface area contributed by atoms with Crippen molar-refractivity contribution in [2.45, 2.75) is 97.8 Å². The fourth-order valence-corrected chi connectivity index (χ4v) is 9.20. The SMILES string of the molecule is CC(C)(C)c1cc(-c2ccccc2)cc(N2C=C(C(C)(C)c3ccccc3)N(c3cccc(Oc4cc(C(C)(C)C)c5c6ccccc6n(-c6cc(C(C)(C)C)ccn6)c5c4)c3)C2)c1. The van der Waals surface area contributed by atoms with Crippen molar-refractivity contribution in [2.24, 2.45) is 0 Å². The maximum atomic E-state index is 7.03. The van der Waals surface area contributed by atoms with E-state index in [0.717, 1.165) is 34.0 Å². The molecule has 0 atom stereocenters. The molecule has 0 radical (unpaired) electrons. The van der Waals surface area contributed by atoms with Gasteiger partial charge in [0.05, 0.1) is 17.7 Å². The van der Waals surface area contributed by atoms with Gasteiger partial charge in [-0.1, -0.05) is 167 Å². The Balaban J connectivity index is 1.15. The molecule has 0 aliphatic carbocycles. The van der Waals surface area contributed by atoms with E-state index in [1.807, 2.05) is 6.20 Å². The minimum atomic E-state index is -0.310. The van der Waals surface area contributed by atoms with Crippen molar-refractivity contribution in [1.82, 2.24) is 9.55 Å². The van der Waals surface area contributed by atoms with E-state index in [4.69, 9.17) is 9.72 Å². The van der Waals surface area contributed by atoms with E-state index in [1.165, 1.54) is 55.5 Å². The van der Waals surface area contributed by atoms with Gasteiger partial charge in [-0.25, -0.2) is 4.98 Å². The van der Waals surface area contributed by atoms with Gasteiger partial charge in [0.15, 0.2) is 0 Å². The van der Waals surface area contributed by atoms with E-state index >= 15 is 0 Å². The van der Waals surface area contributed by atoms with Crippen LogP contribution in [0.1, 0.15) is 98.4 Å². The Morgan fingerprint density at radius 1 is 0.500 bits per heavy atom. The van der Waals surface area contributed by atoms with Gasteiger partial charge in [0, 0.05) is 57.8 Å². The first-order valence-electron chi connectivity index (χ1n) is 22.7. The summed E-state index contributed by atoms with van der Waals surface area (Å²) in [5.74, 6) is 2.48. The fraction of sp³-hybridized carbons (Fsp3) is 0.271. The molecule has 0 N–H and O–H groups in total. The molecule has 0 amide bonds. The third-order valence-corrected chi connectivity index (χ3v) is 13.0. The van der Waals surface area contributed by atoms with E-state index in [0.29, 0.717) is 6.67 Å². The lowest BCUT2D eigenvalue weighted by Crippen LogP contribution is -2.34. The molecule has 5 heteroatoms. The molecule has 64 heavy (non-hydrogen) atoms. The van der Waals surface area contributed by atoms with Gasteiger partial charge in [0.1, 0.15) is 17.3 Å². The lowest BCUT2D eigenvalue weighted by atomic mass is 9.81. The molecule has 0 saturated heterocycles. The van der Waals surface area contributed by atoms with Crippen molar-refractivity contribution >= 4 is 33.2 Å². The minimum Gasteiger partial charge on any atom is -0.457 e. The summed E-state index contributed by atoms with van der Waals surface area (Å²) >= 11 is 0. The first kappa shape index (κ1) is 42.7. The number of hydrogen-bond acceptors (Lipinski definition) is 4. The van der Waals surface area contributed by atoms with Crippen molar-refractivity contribution in [3.8, 4) is 28.4 Å². The average Bonchev–Trinajstić information content (AvgIpc) is 3.87. The van der Waals surface area contributed by atoms with Crippen LogP contribution < -0.4 is 14.5 Å². The quantitative estimate of drug-likeness (QED) is 0.153. The van der Waals surface area contributed by atoms with E-state index in [1.54, 1.807) is 0 Å². The largest absolute Gasteiger partial charge is 0.457 e. The topological polar surface area (TPSA) is 33.5 Å². The van der Waals surface area contributed by atoms with Gasteiger partial charge in [-0.15, -0.1) is 0 Å². The van der Waals surface area contributed by atoms with Crippen LogP contribution in [0, 0.1) is 0 Å². The first-order chi connectivity index (χ1) is 30.4. The number of para-hydroxylation sites is 1. The standard InChI is InChI=1S/C59H62N4O/c1-56(2,3)43-29-30-60-54(34-43)63-51-28-19-18-27-49(51)55-50(58(7,8)9)36-48(37-52(55)63)64-47-26-20-25-45(35-47)62-39-61(38-53(62)59(10,11)42-23-16-13-17-24-42)46-32-41(40-21-14-12-15-22-40)31-44(33-46)57(4,5)6/h12-38H,39H2,1-11H3. The molecule has 0 saturated carbocycles. The van der Waals surface area contributed by atoms with Crippen LogP contribution in [0.5, 0.6) is 11.5 Å². The average molecular weight is 843 g/mol. The summed E-state index contributed by atoms with van der Waals surface area (Å²) in [4.78, 5) is 9.85. The van der Waals surface area contributed by atoms with E-state index in [2.05, 4.69) is 248 Å². The van der Waals surface area contributed by atoms with Crippen LogP contribution in [-0.2, 0) is 21.7 Å². The summed E-state index contributed by atoms with van der Waals surface area (Å²) in [6.07, 6.45) is 4.31. The summed E-state index contributed by atoms with van der Waals surface area (Å²) in [5, 5.41) is 2.44. The molecule has 8 aromatic rings. The Hall–Kier alpha value is -6.59. The summed E-state index contributed by atoms with van der Waals surface area (Å²) in [6, 6.07) is 54.8. The van der Waals surface area contributed by atoms with Crippen LogP contribution in [-0.4, -0.2) is 16.2 Å². The van der Waals surface area contributed by atoms with E-state index in [-0.39, 0.29) is 21.7 Å². The summed E-state index contributed by atoms with van der Waals surface area (Å²) in [6.45, 7) is 25.8. The second-order valence-corrected chi connectivity index (χ2v) is 21.1. The lowest BCUT2D eigenvalue weighted by Gasteiger charge is -2.34. The molecule has 0 unspecified atom stereocenters. The van der Waals surface area contributed by atoms with Crippen LogP contribution in [0.4, 0.5) is 11.4 Å². The number of anilines is 2. The van der Waals surface area contributed by atoms with Gasteiger partial charge in [-0.05, 0) is 98.2 Å². The number of aromatic nitrogens is 2. The third kappa shape index (κ3) is 8.09. The highest BCUT2D eigenvalue weighted by Crippen LogP contribution is 2.45. The zero-order chi connectivity index (χ0) is 45.2. The number of rotatable bonds is 8. The van der Waals surface area contributed by atoms with Crippen molar-refractivity contribution in [1.29, 1.82) is 0 Å². The Morgan fingerprint density at radius 3 is 1.89 bits per heavy atom. The molecule has 1 aliphatic heterocycles. The number of nitrogens with zero attached hydrogens (tertiary/aromatic N) is 4. The molecule has 5 nitrogen and oxygen atoms in total. The van der Waals surface area contributed by atoms with Gasteiger partial charge < -0.3 is 14.5 Å². The lowest BCUT2D eigenvalue weighted by molar-refractivity contribution is 0.479. The van der Waals surface area contributed by atoms with Gasteiger partial charge in [-0.2, -0.15) is 0 Å². The highest BCUT2D eigenvalue weighted by molar-refractivity contribution is 6.11. The Bertz CT molecular complexity index is 3030. The highest BCUT2D eigenvalue weighted by atomic mass is 16.5. The molecule has 324 valence electrons. The molecule has 0 fully saturated rings. The van der Waals surface area contributed by atoms with Crippen LogP contribution in [0.2, 0.25) is 0 Å². The third-order valence-electron chi connectivity index (χ3n) is 13.0. The number of ether oxygens (including phenoxy) is 1. The molecule has 2 aromatic heterocycles. The first-order valence-corrected chi connectivity index (χ1v) is 22.7. The number of fused-ring (bicyclic) bond motifs is 3. The predicted octanol–water partition coefficient (Wildman–Crippen LogP) is 15.6. The van der Waals surface area contributed by atoms with Gasteiger partial charge in [-0.3, -0.25) is 4.57 Å². The molecule has 1 aliphatic rings. The molecular formula is C59H62N4O. The van der Waals surface area contributed by atoms with Crippen molar-refractivity contribution < 1.29 is 4.74 Å². The summed E-state index contributed by atoms with van der Waals surface area (Å²) in [7, 11) is 0. The molecule has 9 rings (SSSR count). The molecule has 0 bridgehead atoms. The molecule has 0 spiro atoms. The van der Waals surface area contributed by atoms with Crippen LogP contribution >= 0.6 is 0 Å².